The topological polar surface area (TPSA) is 61.4 Å². The molecule has 2 heterocycles. The largest absolute Gasteiger partial charge is 0.339 e. The zero-order valence-corrected chi connectivity index (χ0v) is 15.7. The number of hydrogen-bond acceptors (Lipinski definition) is 3. The Balaban J connectivity index is 0.00000225. The number of nitrogens with zero attached hydrogens (tertiary/aromatic N) is 1. The summed E-state index contributed by atoms with van der Waals surface area (Å²) in [5, 5.41) is 6.32. The van der Waals surface area contributed by atoms with Gasteiger partial charge in [0, 0.05) is 30.8 Å². The highest BCUT2D eigenvalue weighted by Crippen LogP contribution is 2.23. The van der Waals surface area contributed by atoms with Crippen LogP contribution in [0, 0.1) is 12.8 Å². The second-order valence-electron chi connectivity index (χ2n) is 6.92. The van der Waals surface area contributed by atoms with E-state index in [0.29, 0.717) is 17.9 Å². The zero-order valence-electron chi connectivity index (χ0n) is 14.8. The van der Waals surface area contributed by atoms with Crippen LogP contribution in [0.4, 0.5) is 5.69 Å². The molecule has 25 heavy (non-hydrogen) atoms. The maximum atomic E-state index is 12.6. The molecule has 2 aliphatic heterocycles. The number of likely N-dealkylation sites (tertiary alicyclic amines) is 1. The summed E-state index contributed by atoms with van der Waals surface area (Å²) >= 11 is 0. The third kappa shape index (κ3) is 4.95. The molecule has 138 valence electrons. The molecule has 5 nitrogen and oxygen atoms in total. The molecule has 6 heteroatoms. The van der Waals surface area contributed by atoms with Crippen molar-refractivity contribution in [3.63, 3.8) is 0 Å². The fraction of sp³-hybridized carbons (Fsp3) is 0.579. The summed E-state index contributed by atoms with van der Waals surface area (Å²) in [6.07, 6.45) is 4.78. The fourth-order valence-electron chi connectivity index (χ4n) is 3.60. The van der Waals surface area contributed by atoms with Crippen LogP contribution >= 0.6 is 12.4 Å². The number of benzene rings is 1. The lowest BCUT2D eigenvalue weighted by atomic mass is 10.0. The summed E-state index contributed by atoms with van der Waals surface area (Å²) in [6.45, 7) is 5.67. The molecule has 0 saturated carbocycles. The molecule has 1 atom stereocenters. The minimum absolute atomic E-state index is 0. The van der Waals surface area contributed by atoms with Gasteiger partial charge in [-0.2, -0.15) is 0 Å². The third-order valence-electron chi connectivity index (χ3n) is 5.17. The third-order valence-corrected chi connectivity index (χ3v) is 5.17. The van der Waals surface area contributed by atoms with Crippen LogP contribution in [0.25, 0.3) is 0 Å². The zero-order chi connectivity index (χ0) is 16.9. The van der Waals surface area contributed by atoms with Crippen molar-refractivity contribution in [1.29, 1.82) is 0 Å². The first-order valence-corrected chi connectivity index (χ1v) is 9.04. The number of carbonyl (C=O) groups excluding carboxylic acids is 2. The maximum Gasteiger partial charge on any atom is 0.254 e. The summed E-state index contributed by atoms with van der Waals surface area (Å²) in [5.74, 6) is 0.730. The highest BCUT2D eigenvalue weighted by Gasteiger charge is 2.22. The van der Waals surface area contributed by atoms with E-state index in [1.807, 2.05) is 30.0 Å². The minimum atomic E-state index is 0. The van der Waals surface area contributed by atoms with Crippen molar-refractivity contribution in [2.75, 3.05) is 31.5 Å². The van der Waals surface area contributed by atoms with Crippen LogP contribution in [0.3, 0.4) is 0 Å². The van der Waals surface area contributed by atoms with E-state index < -0.39 is 0 Å². The van der Waals surface area contributed by atoms with E-state index in [4.69, 9.17) is 0 Å². The van der Waals surface area contributed by atoms with Gasteiger partial charge < -0.3 is 15.5 Å². The van der Waals surface area contributed by atoms with Crippen molar-refractivity contribution < 1.29 is 9.59 Å². The van der Waals surface area contributed by atoms with Gasteiger partial charge in [-0.25, -0.2) is 0 Å². The van der Waals surface area contributed by atoms with Crippen LogP contribution in [0.5, 0.6) is 0 Å². The van der Waals surface area contributed by atoms with E-state index in [1.165, 1.54) is 0 Å². The highest BCUT2D eigenvalue weighted by molar-refractivity contribution is 5.99. The van der Waals surface area contributed by atoms with Gasteiger partial charge in [0.15, 0.2) is 0 Å². The molecule has 2 fully saturated rings. The van der Waals surface area contributed by atoms with E-state index in [-0.39, 0.29) is 24.2 Å². The van der Waals surface area contributed by atoms with Crippen molar-refractivity contribution in [3.05, 3.63) is 29.3 Å². The summed E-state index contributed by atoms with van der Waals surface area (Å²) in [6, 6.07) is 5.59. The number of rotatable bonds is 5. The summed E-state index contributed by atoms with van der Waals surface area (Å²) in [4.78, 5) is 26.7. The van der Waals surface area contributed by atoms with Gasteiger partial charge in [0.2, 0.25) is 5.91 Å². The molecule has 0 bridgehead atoms. The molecule has 2 saturated heterocycles. The lowest BCUT2D eigenvalue weighted by Crippen LogP contribution is -2.28. The van der Waals surface area contributed by atoms with E-state index >= 15 is 0 Å². The summed E-state index contributed by atoms with van der Waals surface area (Å²) in [7, 11) is 0. The molecule has 2 N–H and O–H groups in total. The molecule has 1 aromatic carbocycles. The van der Waals surface area contributed by atoms with Crippen molar-refractivity contribution >= 4 is 29.9 Å². The quantitative estimate of drug-likeness (QED) is 0.843. The molecule has 1 aromatic rings. The Morgan fingerprint density at radius 1 is 1.28 bits per heavy atom. The monoisotopic (exact) mass is 365 g/mol. The molecule has 0 aliphatic carbocycles. The van der Waals surface area contributed by atoms with E-state index in [0.717, 1.165) is 63.1 Å². The van der Waals surface area contributed by atoms with E-state index in [2.05, 4.69) is 10.6 Å². The molecule has 1 unspecified atom stereocenters. The Hall–Kier alpha value is -1.59. The van der Waals surface area contributed by atoms with Crippen LogP contribution in [0.2, 0.25) is 0 Å². The number of hydrogen-bond donors (Lipinski definition) is 2. The molecule has 0 aromatic heterocycles. The van der Waals surface area contributed by atoms with Gasteiger partial charge in [-0.1, -0.05) is 6.07 Å². The van der Waals surface area contributed by atoms with Crippen LogP contribution in [0.1, 0.15) is 48.0 Å². The number of amides is 2. The van der Waals surface area contributed by atoms with Gasteiger partial charge in [-0.15, -0.1) is 12.4 Å². The molecule has 2 amide bonds. The Labute approximate surface area is 155 Å². The first-order valence-electron chi connectivity index (χ1n) is 9.04. The second-order valence-corrected chi connectivity index (χ2v) is 6.92. The number of halogens is 1. The maximum absolute atomic E-state index is 12.6. The first-order chi connectivity index (χ1) is 11.6. The normalized spacial score (nSPS) is 19.6. The van der Waals surface area contributed by atoms with Crippen molar-refractivity contribution in [3.8, 4) is 0 Å². The first kappa shape index (κ1) is 19.7. The highest BCUT2D eigenvalue weighted by atomic mass is 35.5. The van der Waals surface area contributed by atoms with Crippen molar-refractivity contribution in [2.45, 2.75) is 39.0 Å². The lowest BCUT2D eigenvalue weighted by Gasteiger charge is -2.18. The smallest absolute Gasteiger partial charge is 0.254 e. The summed E-state index contributed by atoms with van der Waals surface area (Å²) in [5.41, 5.74) is 2.33. The Bertz CT molecular complexity index is 609. The predicted molar refractivity (Wildman–Crippen MR) is 102 cm³/mol. The average Bonchev–Trinajstić information content (AvgIpc) is 3.28. The van der Waals surface area contributed by atoms with Gasteiger partial charge in [0.1, 0.15) is 0 Å². The molecular formula is C19H28ClN3O2. The number of carbonyl (C=O) groups is 2. The predicted octanol–water partition coefficient (Wildman–Crippen LogP) is 2.98. The van der Waals surface area contributed by atoms with E-state index in [1.54, 1.807) is 0 Å². The molecule has 0 spiro atoms. The van der Waals surface area contributed by atoms with Crippen molar-refractivity contribution in [1.82, 2.24) is 10.2 Å². The lowest BCUT2D eigenvalue weighted by molar-refractivity contribution is -0.116. The summed E-state index contributed by atoms with van der Waals surface area (Å²) < 4.78 is 0. The van der Waals surface area contributed by atoms with Gasteiger partial charge >= 0.3 is 0 Å². The van der Waals surface area contributed by atoms with Gasteiger partial charge in [0.25, 0.3) is 5.91 Å². The Morgan fingerprint density at radius 3 is 2.72 bits per heavy atom. The number of nitrogens with one attached hydrogen (secondary N) is 2. The van der Waals surface area contributed by atoms with Crippen LogP contribution in [-0.2, 0) is 4.79 Å². The minimum Gasteiger partial charge on any atom is -0.339 e. The fourth-order valence-corrected chi connectivity index (χ4v) is 3.60. The van der Waals surface area contributed by atoms with Crippen LogP contribution < -0.4 is 10.6 Å². The van der Waals surface area contributed by atoms with Gasteiger partial charge in [-0.05, 0) is 69.3 Å². The van der Waals surface area contributed by atoms with Crippen LogP contribution in [0.15, 0.2) is 18.2 Å². The van der Waals surface area contributed by atoms with E-state index in [9.17, 15) is 9.59 Å². The molecular weight excluding hydrogens is 338 g/mol. The van der Waals surface area contributed by atoms with Gasteiger partial charge in [0.05, 0.1) is 0 Å². The molecule has 0 radical (unpaired) electrons. The molecule has 2 aliphatic rings. The van der Waals surface area contributed by atoms with Crippen LogP contribution in [-0.4, -0.2) is 42.9 Å². The van der Waals surface area contributed by atoms with Gasteiger partial charge in [-0.3, -0.25) is 9.59 Å². The second kappa shape index (κ2) is 9.20. The SMILES string of the molecule is Cc1c(NC(=O)CCC2CCNC2)cccc1C(=O)N1CCCC1.Cl. The average molecular weight is 366 g/mol. The Morgan fingerprint density at radius 2 is 2.04 bits per heavy atom. The standard InChI is InChI=1S/C19H27N3O2.ClH/c1-14-16(19(24)22-11-2-3-12-22)5-4-6-17(14)21-18(23)8-7-15-9-10-20-13-15;/h4-6,15,20H,2-3,7-13H2,1H3,(H,21,23);1H. The van der Waals surface area contributed by atoms with Crippen molar-refractivity contribution in [2.24, 2.45) is 5.92 Å². The molecule has 3 rings (SSSR count). The Kier molecular flexibility index (Phi) is 7.26. The number of anilines is 1.